The van der Waals surface area contributed by atoms with Gasteiger partial charge < -0.3 is 5.32 Å². The van der Waals surface area contributed by atoms with Gasteiger partial charge in [0.2, 0.25) is 0 Å². The fraction of sp³-hybridized carbons (Fsp3) is 0.333. The predicted molar refractivity (Wildman–Crippen MR) is 85.7 cm³/mol. The summed E-state index contributed by atoms with van der Waals surface area (Å²) in [5.41, 5.74) is 3.54. The number of aryl methyl sites for hydroxylation is 1. The number of halogens is 2. The molecular weight excluding hydrogens is 297 g/mol. The van der Waals surface area contributed by atoms with E-state index in [0.29, 0.717) is 0 Å². The summed E-state index contributed by atoms with van der Waals surface area (Å²) < 4.78 is 1.50. The monoisotopic (exact) mass is 313 g/mol. The third-order valence-electron chi connectivity index (χ3n) is 2.97. The van der Waals surface area contributed by atoms with Crippen LogP contribution in [0.2, 0.25) is 8.67 Å². The number of benzene rings is 1. The summed E-state index contributed by atoms with van der Waals surface area (Å²) in [6.45, 7) is 5.20. The lowest BCUT2D eigenvalue weighted by Crippen LogP contribution is -2.23. The second kappa shape index (κ2) is 6.76. The molecule has 19 heavy (non-hydrogen) atoms. The normalized spacial score (nSPS) is 12.6. The molecule has 0 saturated heterocycles. The minimum Gasteiger partial charge on any atom is -0.306 e. The molecule has 0 spiro atoms. The van der Waals surface area contributed by atoms with Crippen LogP contribution in [0.1, 0.15) is 36.1 Å². The SMILES string of the molecule is CCCNC(c1cccc(C)c1)c1cc(Cl)sc1Cl. The Morgan fingerprint density at radius 1 is 1.26 bits per heavy atom. The van der Waals surface area contributed by atoms with Gasteiger partial charge in [0.25, 0.3) is 0 Å². The van der Waals surface area contributed by atoms with Gasteiger partial charge in [-0.2, -0.15) is 0 Å². The first-order chi connectivity index (χ1) is 9.11. The number of nitrogens with one attached hydrogen (secondary N) is 1. The Hall–Kier alpha value is -0.540. The zero-order valence-electron chi connectivity index (χ0n) is 11.0. The van der Waals surface area contributed by atoms with E-state index in [4.69, 9.17) is 23.2 Å². The van der Waals surface area contributed by atoms with Crippen molar-refractivity contribution in [1.82, 2.24) is 5.32 Å². The summed E-state index contributed by atoms with van der Waals surface area (Å²) in [5, 5.41) is 3.55. The zero-order valence-corrected chi connectivity index (χ0v) is 13.4. The van der Waals surface area contributed by atoms with Crippen molar-refractivity contribution < 1.29 is 0 Å². The van der Waals surface area contributed by atoms with Crippen LogP contribution in [0, 0.1) is 6.92 Å². The Labute approximate surface area is 128 Å². The number of thiophene rings is 1. The Morgan fingerprint density at radius 3 is 2.63 bits per heavy atom. The smallest absolute Gasteiger partial charge is 0.0995 e. The maximum absolute atomic E-state index is 6.30. The first kappa shape index (κ1) is 14.9. The number of hydrogen-bond donors (Lipinski definition) is 1. The van der Waals surface area contributed by atoms with Gasteiger partial charge in [0.1, 0.15) is 0 Å². The lowest BCUT2D eigenvalue weighted by Gasteiger charge is -2.19. The third-order valence-corrected chi connectivity index (χ3v) is 4.49. The van der Waals surface area contributed by atoms with Crippen molar-refractivity contribution in [3.63, 3.8) is 0 Å². The molecular formula is C15H17Cl2NS. The van der Waals surface area contributed by atoms with Crippen LogP contribution in [0.25, 0.3) is 0 Å². The molecule has 1 heterocycles. The summed E-state index contributed by atoms with van der Waals surface area (Å²) in [7, 11) is 0. The molecule has 1 aromatic carbocycles. The van der Waals surface area contributed by atoms with Crippen LogP contribution in [0.3, 0.4) is 0 Å². The van der Waals surface area contributed by atoms with Crippen molar-refractivity contribution in [1.29, 1.82) is 0 Å². The molecule has 0 aliphatic heterocycles. The molecule has 0 amide bonds. The first-order valence-electron chi connectivity index (χ1n) is 6.36. The van der Waals surface area contributed by atoms with Crippen LogP contribution in [0.5, 0.6) is 0 Å². The van der Waals surface area contributed by atoms with Gasteiger partial charge in [0, 0.05) is 5.56 Å². The Balaban J connectivity index is 2.38. The Bertz CT molecular complexity index is 551. The highest BCUT2D eigenvalue weighted by Gasteiger charge is 2.19. The van der Waals surface area contributed by atoms with E-state index in [1.54, 1.807) is 0 Å². The van der Waals surface area contributed by atoms with Crippen LogP contribution in [-0.4, -0.2) is 6.54 Å². The molecule has 0 aliphatic carbocycles. The van der Waals surface area contributed by atoms with E-state index in [-0.39, 0.29) is 6.04 Å². The lowest BCUT2D eigenvalue weighted by molar-refractivity contribution is 0.600. The highest BCUT2D eigenvalue weighted by Crippen LogP contribution is 2.37. The summed E-state index contributed by atoms with van der Waals surface area (Å²) >= 11 is 13.8. The predicted octanol–water partition coefficient (Wildman–Crippen LogP) is 5.45. The summed E-state index contributed by atoms with van der Waals surface area (Å²) in [6.07, 6.45) is 1.08. The van der Waals surface area contributed by atoms with Crippen molar-refractivity contribution in [3.8, 4) is 0 Å². The highest BCUT2D eigenvalue weighted by atomic mass is 35.5. The molecule has 0 saturated carbocycles. The molecule has 0 aliphatic rings. The van der Waals surface area contributed by atoms with Gasteiger partial charge in [-0.15, -0.1) is 11.3 Å². The molecule has 4 heteroatoms. The largest absolute Gasteiger partial charge is 0.306 e. The van der Waals surface area contributed by atoms with Gasteiger partial charge in [-0.25, -0.2) is 0 Å². The van der Waals surface area contributed by atoms with E-state index in [1.165, 1.54) is 22.5 Å². The van der Waals surface area contributed by atoms with Crippen LogP contribution in [0.15, 0.2) is 30.3 Å². The lowest BCUT2D eigenvalue weighted by atomic mass is 9.99. The minimum atomic E-state index is 0.107. The fourth-order valence-corrected chi connectivity index (χ4v) is 3.63. The molecule has 0 radical (unpaired) electrons. The van der Waals surface area contributed by atoms with Gasteiger partial charge in [0.15, 0.2) is 0 Å². The van der Waals surface area contributed by atoms with Crippen LogP contribution < -0.4 is 5.32 Å². The Morgan fingerprint density at radius 2 is 2.05 bits per heavy atom. The summed E-state index contributed by atoms with van der Waals surface area (Å²) in [4.78, 5) is 0. The standard InChI is InChI=1S/C15H17Cl2NS/c1-3-7-18-14(11-6-4-5-10(2)8-11)12-9-13(16)19-15(12)17/h4-6,8-9,14,18H,3,7H2,1-2H3. The summed E-state index contributed by atoms with van der Waals surface area (Å²) in [6, 6.07) is 10.6. The molecule has 0 fully saturated rings. The van der Waals surface area contributed by atoms with Gasteiger partial charge in [-0.1, -0.05) is 60.0 Å². The molecule has 1 unspecified atom stereocenters. The summed E-state index contributed by atoms with van der Waals surface area (Å²) in [5.74, 6) is 0. The van der Waals surface area contributed by atoms with E-state index in [2.05, 4.69) is 43.4 Å². The van der Waals surface area contributed by atoms with Crippen molar-refractivity contribution in [2.75, 3.05) is 6.54 Å². The second-order valence-electron chi connectivity index (χ2n) is 4.58. The van der Waals surface area contributed by atoms with Crippen molar-refractivity contribution in [2.45, 2.75) is 26.3 Å². The van der Waals surface area contributed by atoms with Crippen LogP contribution in [0.4, 0.5) is 0 Å². The molecule has 1 nitrogen and oxygen atoms in total. The maximum atomic E-state index is 6.30. The van der Waals surface area contributed by atoms with Crippen molar-refractivity contribution >= 4 is 34.5 Å². The van der Waals surface area contributed by atoms with Gasteiger partial charge in [-0.3, -0.25) is 0 Å². The topological polar surface area (TPSA) is 12.0 Å². The molecule has 1 atom stereocenters. The quantitative estimate of drug-likeness (QED) is 0.773. The molecule has 102 valence electrons. The van der Waals surface area contributed by atoms with E-state index < -0.39 is 0 Å². The number of hydrogen-bond acceptors (Lipinski definition) is 2. The van der Waals surface area contributed by atoms with Crippen LogP contribution >= 0.6 is 34.5 Å². The maximum Gasteiger partial charge on any atom is 0.0995 e. The molecule has 2 aromatic rings. The highest BCUT2D eigenvalue weighted by molar-refractivity contribution is 7.20. The average Bonchev–Trinajstić information content (AvgIpc) is 2.69. The molecule has 2 rings (SSSR count). The average molecular weight is 314 g/mol. The first-order valence-corrected chi connectivity index (χ1v) is 7.93. The van der Waals surface area contributed by atoms with E-state index in [9.17, 15) is 0 Å². The third kappa shape index (κ3) is 3.73. The van der Waals surface area contributed by atoms with E-state index >= 15 is 0 Å². The van der Waals surface area contributed by atoms with Gasteiger partial charge >= 0.3 is 0 Å². The number of rotatable bonds is 5. The van der Waals surface area contributed by atoms with Crippen LogP contribution in [-0.2, 0) is 0 Å². The Kier molecular flexibility index (Phi) is 5.28. The van der Waals surface area contributed by atoms with Crippen molar-refractivity contribution in [2.24, 2.45) is 0 Å². The fourth-order valence-electron chi connectivity index (χ4n) is 2.10. The zero-order chi connectivity index (χ0) is 13.8. The minimum absolute atomic E-state index is 0.107. The second-order valence-corrected chi connectivity index (χ2v) is 6.87. The van der Waals surface area contributed by atoms with Gasteiger partial charge in [0.05, 0.1) is 14.7 Å². The van der Waals surface area contributed by atoms with Gasteiger partial charge in [-0.05, 0) is 31.5 Å². The van der Waals surface area contributed by atoms with E-state index in [0.717, 1.165) is 27.2 Å². The molecule has 1 N–H and O–H groups in total. The van der Waals surface area contributed by atoms with E-state index in [1.807, 2.05) is 6.07 Å². The molecule has 0 bridgehead atoms. The van der Waals surface area contributed by atoms with Crippen molar-refractivity contribution in [3.05, 3.63) is 55.7 Å². The molecule has 1 aromatic heterocycles.